The first-order valence-corrected chi connectivity index (χ1v) is 4.68. The lowest BCUT2D eigenvalue weighted by Gasteiger charge is -2.26. The van der Waals surface area contributed by atoms with E-state index in [0.29, 0.717) is 6.04 Å². The third kappa shape index (κ3) is 2.33. The minimum Gasteiger partial charge on any atom is -0.310 e. The number of hydrogen-bond donors (Lipinski definition) is 1. The molecule has 0 aromatic heterocycles. The van der Waals surface area contributed by atoms with Crippen LogP contribution in [0.3, 0.4) is 0 Å². The van der Waals surface area contributed by atoms with Crippen LogP contribution in [0.1, 0.15) is 33.6 Å². The fraction of sp³-hybridized carbons (Fsp3) is 0.800. The Kier molecular flexibility index (Phi) is 3.13. The predicted molar refractivity (Wildman–Crippen MR) is 49.6 cm³/mol. The van der Waals surface area contributed by atoms with Crippen LogP contribution < -0.4 is 5.32 Å². The summed E-state index contributed by atoms with van der Waals surface area (Å²) < 4.78 is 0. The number of allylic oxidation sites excluding steroid dienone is 1. The van der Waals surface area contributed by atoms with E-state index in [2.05, 4.69) is 32.2 Å². The molecule has 0 amide bonds. The average Bonchev–Trinajstić information content (AvgIpc) is 1.85. The van der Waals surface area contributed by atoms with Gasteiger partial charge in [0.2, 0.25) is 0 Å². The van der Waals surface area contributed by atoms with E-state index in [1.165, 1.54) is 19.4 Å². The molecule has 11 heavy (non-hydrogen) atoms. The molecular weight excluding hydrogens is 134 g/mol. The molecule has 1 nitrogen and oxygen atoms in total. The van der Waals surface area contributed by atoms with Gasteiger partial charge in [-0.05, 0) is 25.3 Å². The quantitative estimate of drug-likeness (QED) is 0.614. The summed E-state index contributed by atoms with van der Waals surface area (Å²) in [4.78, 5) is 0. The van der Waals surface area contributed by atoms with Gasteiger partial charge >= 0.3 is 0 Å². The zero-order valence-electron chi connectivity index (χ0n) is 7.85. The van der Waals surface area contributed by atoms with E-state index in [-0.39, 0.29) is 0 Å². The second-order valence-electron chi connectivity index (χ2n) is 3.60. The number of rotatable bonds is 3. The summed E-state index contributed by atoms with van der Waals surface area (Å²) in [5.74, 6) is 0.724. The van der Waals surface area contributed by atoms with Gasteiger partial charge in [-0.15, -0.1) is 0 Å². The fourth-order valence-electron chi connectivity index (χ4n) is 1.43. The monoisotopic (exact) mass is 153 g/mol. The van der Waals surface area contributed by atoms with Gasteiger partial charge in [0, 0.05) is 6.04 Å². The van der Waals surface area contributed by atoms with Crippen LogP contribution in [0, 0.1) is 5.92 Å². The van der Waals surface area contributed by atoms with E-state index in [4.69, 9.17) is 0 Å². The lowest BCUT2D eigenvalue weighted by Crippen LogP contribution is -2.41. The Morgan fingerprint density at radius 1 is 1.64 bits per heavy atom. The smallest absolute Gasteiger partial charge is 0.0264 e. The number of hydrogen-bond acceptors (Lipinski definition) is 1. The van der Waals surface area contributed by atoms with Crippen molar-refractivity contribution < 1.29 is 0 Å². The predicted octanol–water partition coefficient (Wildman–Crippen LogP) is 2.34. The van der Waals surface area contributed by atoms with Gasteiger partial charge in [-0.1, -0.05) is 32.4 Å². The minimum atomic E-state index is 0.687. The molecular formula is C10H19N. The molecule has 1 aliphatic heterocycles. The van der Waals surface area contributed by atoms with Crippen LogP contribution >= 0.6 is 0 Å². The van der Waals surface area contributed by atoms with Gasteiger partial charge in [0.25, 0.3) is 0 Å². The van der Waals surface area contributed by atoms with E-state index in [9.17, 15) is 0 Å². The normalized spacial score (nSPS) is 25.5. The Morgan fingerprint density at radius 2 is 2.27 bits per heavy atom. The lowest BCUT2D eigenvalue weighted by atomic mass is 9.95. The average molecular weight is 153 g/mol. The van der Waals surface area contributed by atoms with Crippen LogP contribution in [0.4, 0.5) is 0 Å². The van der Waals surface area contributed by atoms with Gasteiger partial charge in [-0.2, -0.15) is 0 Å². The molecule has 0 aromatic carbocycles. The molecule has 1 saturated heterocycles. The summed E-state index contributed by atoms with van der Waals surface area (Å²) in [5, 5.41) is 3.39. The van der Waals surface area contributed by atoms with Crippen LogP contribution in [-0.4, -0.2) is 12.6 Å². The van der Waals surface area contributed by atoms with Crippen molar-refractivity contribution in [2.24, 2.45) is 5.92 Å². The molecule has 0 saturated carbocycles. The summed E-state index contributed by atoms with van der Waals surface area (Å²) in [6.07, 6.45) is 4.94. The van der Waals surface area contributed by atoms with Gasteiger partial charge < -0.3 is 5.32 Å². The molecule has 1 aliphatic rings. The molecule has 1 unspecified atom stereocenters. The largest absolute Gasteiger partial charge is 0.310 e. The maximum absolute atomic E-state index is 3.39. The Hall–Kier alpha value is -0.300. The number of nitrogens with one attached hydrogen (secondary N) is 1. The van der Waals surface area contributed by atoms with Crippen molar-refractivity contribution in [3.63, 3.8) is 0 Å². The molecule has 1 N–H and O–H groups in total. The summed E-state index contributed by atoms with van der Waals surface area (Å²) in [6, 6.07) is 0.687. The molecule has 0 aliphatic carbocycles. The Labute approximate surface area is 69.9 Å². The van der Waals surface area contributed by atoms with Crippen molar-refractivity contribution in [2.75, 3.05) is 6.54 Å². The molecule has 0 spiro atoms. The highest BCUT2D eigenvalue weighted by Crippen LogP contribution is 2.16. The molecule has 1 heteroatoms. The van der Waals surface area contributed by atoms with Gasteiger partial charge in [-0.25, -0.2) is 0 Å². The van der Waals surface area contributed by atoms with Crippen molar-refractivity contribution in [1.82, 2.24) is 5.32 Å². The Balaban J connectivity index is 2.44. The minimum absolute atomic E-state index is 0.687. The third-order valence-electron chi connectivity index (χ3n) is 2.43. The first kappa shape index (κ1) is 8.79. The molecule has 0 aromatic rings. The first-order valence-electron chi connectivity index (χ1n) is 4.68. The van der Waals surface area contributed by atoms with Crippen molar-refractivity contribution in [3.05, 3.63) is 11.6 Å². The van der Waals surface area contributed by atoms with Crippen LogP contribution in [-0.2, 0) is 0 Å². The van der Waals surface area contributed by atoms with Crippen LogP contribution in [0.2, 0.25) is 0 Å². The maximum Gasteiger partial charge on any atom is 0.0264 e. The van der Waals surface area contributed by atoms with Crippen molar-refractivity contribution >= 4 is 0 Å². The Bertz CT molecular complexity index is 143. The maximum atomic E-state index is 3.39. The lowest BCUT2D eigenvalue weighted by molar-refractivity contribution is 0.431. The van der Waals surface area contributed by atoms with Crippen LogP contribution in [0.25, 0.3) is 0 Å². The summed E-state index contributed by atoms with van der Waals surface area (Å²) in [6.45, 7) is 7.99. The van der Waals surface area contributed by atoms with Crippen LogP contribution in [0.15, 0.2) is 11.6 Å². The summed E-state index contributed by atoms with van der Waals surface area (Å²) in [7, 11) is 0. The highest BCUT2D eigenvalue weighted by molar-refractivity contribution is 5.10. The van der Waals surface area contributed by atoms with Gasteiger partial charge in [0.05, 0.1) is 0 Å². The molecule has 1 rings (SSSR count). The van der Waals surface area contributed by atoms with Gasteiger partial charge in [0.15, 0.2) is 0 Å². The van der Waals surface area contributed by atoms with Crippen LogP contribution in [0.5, 0.6) is 0 Å². The van der Waals surface area contributed by atoms with E-state index in [1.807, 2.05) is 0 Å². The van der Waals surface area contributed by atoms with E-state index >= 15 is 0 Å². The SMILES string of the molecule is CC/C(=C\C1CCN1)C(C)C. The highest BCUT2D eigenvalue weighted by atomic mass is 15.0. The molecule has 0 radical (unpaired) electrons. The zero-order chi connectivity index (χ0) is 8.27. The second-order valence-corrected chi connectivity index (χ2v) is 3.60. The third-order valence-corrected chi connectivity index (χ3v) is 2.43. The van der Waals surface area contributed by atoms with Gasteiger partial charge in [-0.3, -0.25) is 0 Å². The van der Waals surface area contributed by atoms with Crippen molar-refractivity contribution in [1.29, 1.82) is 0 Å². The standard InChI is InChI=1S/C10H19N/c1-4-9(8(2)3)7-10-5-6-11-10/h7-8,10-11H,4-6H2,1-3H3/b9-7+. The highest BCUT2D eigenvalue weighted by Gasteiger charge is 2.14. The topological polar surface area (TPSA) is 12.0 Å². The van der Waals surface area contributed by atoms with E-state index < -0.39 is 0 Å². The van der Waals surface area contributed by atoms with E-state index in [1.54, 1.807) is 5.57 Å². The van der Waals surface area contributed by atoms with Crippen molar-refractivity contribution in [3.8, 4) is 0 Å². The zero-order valence-corrected chi connectivity index (χ0v) is 7.85. The fourth-order valence-corrected chi connectivity index (χ4v) is 1.43. The molecule has 1 heterocycles. The molecule has 0 bridgehead atoms. The van der Waals surface area contributed by atoms with Crippen molar-refractivity contribution in [2.45, 2.75) is 39.7 Å². The molecule has 64 valence electrons. The first-order chi connectivity index (χ1) is 5.24. The van der Waals surface area contributed by atoms with E-state index in [0.717, 1.165) is 5.92 Å². The molecule has 1 atom stereocenters. The summed E-state index contributed by atoms with van der Waals surface area (Å²) >= 11 is 0. The second kappa shape index (κ2) is 3.91. The Morgan fingerprint density at radius 3 is 2.55 bits per heavy atom. The van der Waals surface area contributed by atoms with Gasteiger partial charge in [0.1, 0.15) is 0 Å². The summed E-state index contributed by atoms with van der Waals surface area (Å²) in [5.41, 5.74) is 1.60. The molecule has 1 fully saturated rings.